The van der Waals surface area contributed by atoms with E-state index in [-0.39, 0.29) is 5.78 Å². The van der Waals surface area contributed by atoms with Crippen LogP contribution in [-0.4, -0.2) is 50.1 Å². The summed E-state index contributed by atoms with van der Waals surface area (Å²) in [4.78, 5) is 14.4. The Bertz CT molecular complexity index is 453. The zero-order chi connectivity index (χ0) is 14.4. The lowest BCUT2D eigenvalue weighted by Crippen LogP contribution is -2.39. The molecule has 0 spiro atoms. The molecule has 20 heavy (non-hydrogen) atoms. The first kappa shape index (κ1) is 15.0. The van der Waals surface area contributed by atoms with E-state index < -0.39 is 0 Å². The predicted octanol–water partition coefficient (Wildman–Crippen LogP) is 2.30. The van der Waals surface area contributed by atoms with Crippen molar-refractivity contribution in [3.05, 3.63) is 29.3 Å². The molecule has 1 aromatic carbocycles. The largest absolute Gasteiger partial charge is 0.493 e. The van der Waals surface area contributed by atoms with Crippen molar-refractivity contribution in [1.82, 2.24) is 4.90 Å². The molecule has 1 aliphatic heterocycles. The Labute approximate surface area is 120 Å². The van der Waals surface area contributed by atoms with E-state index in [2.05, 4.69) is 11.8 Å². The third-order valence-corrected chi connectivity index (χ3v) is 3.43. The highest BCUT2D eigenvalue weighted by Gasteiger charge is 2.16. The van der Waals surface area contributed by atoms with Crippen LogP contribution in [0.2, 0.25) is 0 Å². The van der Waals surface area contributed by atoms with Crippen LogP contribution in [0.4, 0.5) is 0 Å². The maximum Gasteiger partial charge on any atom is 0.176 e. The number of ether oxygens (including phenoxy) is 2. The summed E-state index contributed by atoms with van der Waals surface area (Å²) < 4.78 is 10.9. The molecule has 0 radical (unpaired) electrons. The van der Waals surface area contributed by atoms with Gasteiger partial charge in [0.25, 0.3) is 0 Å². The monoisotopic (exact) mass is 277 g/mol. The maximum atomic E-state index is 12.3. The molecule has 0 N–H and O–H groups in total. The summed E-state index contributed by atoms with van der Waals surface area (Å²) in [5.74, 6) is 1.03. The first-order chi connectivity index (χ1) is 9.70. The molecule has 0 aromatic heterocycles. The lowest BCUT2D eigenvalue weighted by Gasteiger charge is -2.25. The van der Waals surface area contributed by atoms with Crippen LogP contribution in [0.3, 0.4) is 0 Å². The molecular formula is C16H23NO3. The number of morpholine rings is 1. The van der Waals surface area contributed by atoms with Crippen molar-refractivity contribution in [1.29, 1.82) is 0 Å². The fourth-order valence-electron chi connectivity index (χ4n) is 2.25. The van der Waals surface area contributed by atoms with E-state index >= 15 is 0 Å². The summed E-state index contributed by atoms with van der Waals surface area (Å²) in [7, 11) is 0. The van der Waals surface area contributed by atoms with E-state index in [0.717, 1.165) is 49.6 Å². The number of carbonyl (C=O) groups excluding carboxylic acids is 1. The second-order valence-corrected chi connectivity index (χ2v) is 5.14. The van der Waals surface area contributed by atoms with Crippen molar-refractivity contribution in [3.8, 4) is 5.75 Å². The molecule has 1 saturated heterocycles. The van der Waals surface area contributed by atoms with Crippen molar-refractivity contribution < 1.29 is 14.3 Å². The number of hydrogen-bond acceptors (Lipinski definition) is 4. The number of benzene rings is 1. The van der Waals surface area contributed by atoms with Crippen LogP contribution in [-0.2, 0) is 4.74 Å². The van der Waals surface area contributed by atoms with E-state index in [0.29, 0.717) is 13.2 Å². The summed E-state index contributed by atoms with van der Waals surface area (Å²) in [6.45, 7) is 8.35. The van der Waals surface area contributed by atoms with Gasteiger partial charge in [0.2, 0.25) is 0 Å². The second kappa shape index (κ2) is 7.41. The molecule has 1 fully saturated rings. The molecule has 0 unspecified atom stereocenters. The van der Waals surface area contributed by atoms with Crippen LogP contribution in [0.5, 0.6) is 5.75 Å². The molecule has 0 aliphatic carbocycles. The van der Waals surface area contributed by atoms with Gasteiger partial charge >= 0.3 is 0 Å². The first-order valence-corrected chi connectivity index (χ1v) is 7.27. The van der Waals surface area contributed by atoms with Gasteiger partial charge in [0.05, 0.1) is 26.4 Å². The lowest BCUT2D eigenvalue weighted by molar-refractivity contribution is 0.0371. The van der Waals surface area contributed by atoms with Crippen LogP contribution in [0.15, 0.2) is 18.2 Å². The summed E-state index contributed by atoms with van der Waals surface area (Å²) in [5.41, 5.74) is 1.78. The third kappa shape index (κ3) is 4.05. The normalized spacial score (nSPS) is 16.1. The van der Waals surface area contributed by atoms with Crippen molar-refractivity contribution in [2.45, 2.75) is 20.3 Å². The minimum Gasteiger partial charge on any atom is -0.493 e. The molecule has 1 aromatic rings. The summed E-state index contributed by atoms with van der Waals surface area (Å²) in [5, 5.41) is 0. The summed E-state index contributed by atoms with van der Waals surface area (Å²) >= 11 is 0. The predicted molar refractivity (Wildman–Crippen MR) is 78.6 cm³/mol. The number of rotatable bonds is 6. The average molecular weight is 277 g/mol. The number of carbonyl (C=O) groups is 1. The Kier molecular flexibility index (Phi) is 5.56. The fraction of sp³-hybridized carbons (Fsp3) is 0.562. The number of ketones is 1. The van der Waals surface area contributed by atoms with E-state index in [1.165, 1.54) is 0 Å². The van der Waals surface area contributed by atoms with Gasteiger partial charge in [-0.25, -0.2) is 0 Å². The molecule has 1 heterocycles. The van der Waals surface area contributed by atoms with E-state index in [1.807, 2.05) is 25.1 Å². The molecule has 0 atom stereocenters. The number of aryl methyl sites for hydroxylation is 1. The number of Topliss-reactive ketones (excluding diaryl/α,β-unsaturated/α-hetero) is 1. The first-order valence-electron chi connectivity index (χ1n) is 7.27. The molecule has 0 bridgehead atoms. The zero-order valence-electron chi connectivity index (χ0n) is 12.4. The topological polar surface area (TPSA) is 38.8 Å². The van der Waals surface area contributed by atoms with Gasteiger partial charge in [-0.2, -0.15) is 0 Å². The van der Waals surface area contributed by atoms with Gasteiger partial charge in [-0.05, 0) is 37.1 Å². The highest BCUT2D eigenvalue weighted by molar-refractivity contribution is 5.98. The Morgan fingerprint density at radius 2 is 2.10 bits per heavy atom. The number of hydrogen-bond donors (Lipinski definition) is 0. The van der Waals surface area contributed by atoms with E-state index in [1.54, 1.807) is 0 Å². The number of nitrogens with zero attached hydrogens (tertiary/aromatic N) is 1. The molecular weight excluding hydrogens is 254 g/mol. The van der Waals surface area contributed by atoms with Gasteiger partial charge < -0.3 is 9.47 Å². The van der Waals surface area contributed by atoms with Crippen LogP contribution in [0, 0.1) is 6.92 Å². The Balaban J connectivity index is 1.97. The van der Waals surface area contributed by atoms with Gasteiger partial charge in [-0.15, -0.1) is 0 Å². The van der Waals surface area contributed by atoms with Crippen molar-refractivity contribution in [3.63, 3.8) is 0 Å². The highest BCUT2D eigenvalue weighted by atomic mass is 16.5. The summed E-state index contributed by atoms with van der Waals surface area (Å²) in [6, 6.07) is 5.69. The molecule has 2 rings (SSSR count). The molecule has 4 heteroatoms. The quantitative estimate of drug-likeness (QED) is 0.748. The molecule has 0 saturated carbocycles. The fourth-order valence-corrected chi connectivity index (χ4v) is 2.25. The smallest absolute Gasteiger partial charge is 0.176 e. The van der Waals surface area contributed by atoms with Crippen molar-refractivity contribution in [2.75, 3.05) is 39.5 Å². The molecule has 1 aliphatic rings. The minimum atomic E-state index is 0.164. The van der Waals surface area contributed by atoms with Crippen LogP contribution in [0.25, 0.3) is 0 Å². The van der Waals surface area contributed by atoms with Crippen LogP contribution >= 0.6 is 0 Å². The molecule has 110 valence electrons. The minimum absolute atomic E-state index is 0.164. The Morgan fingerprint density at radius 3 is 2.75 bits per heavy atom. The Hall–Kier alpha value is -1.39. The lowest BCUT2D eigenvalue weighted by atomic mass is 10.1. The van der Waals surface area contributed by atoms with Crippen molar-refractivity contribution >= 4 is 5.78 Å². The molecule has 0 amide bonds. The van der Waals surface area contributed by atoms with Gasteiger partial charge in [-0.1, -0.05) is 6.92 Å². The van der Waals surface area contributed by atoms with Gasteiger partial charge in [0.15, 0.2) is 5.78 Å². The van der Waals surface area contributed by atoms with E-state index in [9.17, 15) is 4.79 Å². The van der Waals surface area contributed by atoms with E-state index in [4.69, 9.17) is 9.47 Å². The zero-order valence-corrected chi connectivity index (χ0v) is 12.4. The van der Waals surface area contributed by atoms with Crippen LogP contribution in [0.1, 0.15) is 29.3 Å². The molecule has 4 nitrogen and oxygen atoms in total. The van der Waals surface area contributed by atoms with Crippen molar-refractivity contribution in [2.24, 2.45) is 0 Å². The standard InChI is InChI=1S/C16H23NO3/c1-3-8-20-16-5-4-14(11-13(16)2)15(18)12-17-6-9-19-10-7-17/h4-5,11H,3,6-10,12H2,1-2H3. The van der Waals surface area contributed by atoms with Gasteiger partial charge in [0.1, 0.15) is 5.75 Å². The highest BCUT2D eigenvalue weighted by Crippen LogP contribution is 2.20. The van der Waals surface area contributed by atoms with Gasteiger partial charge in [0, 0.05) is 18.7 Å². The van der Waals surface area contributed by atoms with Gasteiger partial charge in [-0.3, -0.25) is 9.69 Å². The third-order valence-electron chi connectivity index (χ3n) is 3.43. The van der Waals surface area contributed by atoms with Crippen LogP contribution < -0.4 is 4.74 Å². The average Bonchev–Trinajstić information content (AvgIpc) is 2.47. The SMILES string of the molecule is CCCOc1ccc(C(=O)CN2CCOCC2)cc1C. The maximum absolute atomic E-state index is 12.3. The Morgan fingerprint density at radius 1 is 1.35 bits per heavy atom. The second-order valence-electron chi connectivity index (χ2n) is 5.14. The summed E-state index contributed by atoms with van der Waals surface area (Å²) in [6.07, 6.45) is 0.983.